The Kier molecular flexibility index (Phi) is 4.94. The molecular weight excluding hydrogens is 286 g/mol. The third-order valence-corrected chi connectivity index (χ3v) is 3.75. The first-order valence-electron chi connectivity index (χ1n) is 6.70. The van der Waals surface area contributed by atoms with Crippen LogP contribution in [0.4, 0.5) is 8.78 Å². The van der Waals surface area contributed by atoms with Crippen LogP contribution in [0.5, 0.6) is 0 Å². The lowest BCUT2D eigenvalue weighted by Crippen LogP contribution is -2.42. The van der Waals surface area contributed by atoms with Gasteiger partial charge in [-0.25, -0.2) is 8.78 Å². The molecule has 1 aromatic rings. The summed E-state index contributed by atoms with van der Waals surface area (Å²) < 4.78 is 26.4. The van der Waals surface area contributed by atoms with Crippen LogP contribution in [0.1, 0.15) is 30.1 Å². The van der Waals surface area contributed by atoms with E-state index in [-0.39, 0.29) is 22.5 Å². The number of nitrogens with zero attached hydrogens (tertiary/aromatic N) is 1. The molecule has 0 radical (unpaired) electrons. The van der Waals surface area contributed by atoms with Crippen molar-refractivity contribution < 1.29 is 13.6 Å². The average molecular weight is 303 g/mol. The van der Waals surface area contributed by atoms with Crippen molar-refractivity contribution in [3.05, 3.63) is 34.4 Å². The zero-order valence-electron chi connectivity index (χ0n) is 11.3. The van der Waals surface area contributed by atoms with Crippen LogP contribution >= 0.6 is 11.6 Å². The normalized spacial score (nSPS) is 18.3. The second-order valence-electron chi connectivity index (χ2n) is 4.89. The van der Waals surface area contributed by atoms with Crippen LogP contribution in [0.15, 0.2) is 12.1 Å². The Hall–Kier alpha value is -1.20. The van der Waals surface area contributed by atoms with E-state index in [2.05, 4.69) is 5.32 Å². The van der Waals surface area contributed by atoms with E-state index >= 15 is 0 Å². The molecule has 1 aliphatic rings. The number of carbonyl (C=O) groups is 1. The summed E-state index contributed by atoms with van der Waals surface area (Å²) in [4.78, 5) is 14.2. The minimum atomic E-state index is -1.06. The summed E-state index contributed by atoms with van der Waals surface area (Å²) >= 11 is 5.88. The van der Waals surface area contributed by atoms with Crippen molar-refractivity contribution in [3.8, 4) is 0 Å². The molecule has 1 aliphatic heterocycles. The molecule has 20 heavy (non-hydrogen) atoms. The van der Waals surface area contributed by atoms with Crippen LogP contribution in [0.25, 0.3) is 0 Å². The van der Waals surface area contributed by atoms with Crippen molar-refractivity contribution in [2.75, 3.05) is 19.6 Å². The standard InChI is InChI=1S/C14H17ClF2N2O/c1-2-5-19(9-3-4-18-8-9)14(20)10-6-12(16)13(17)7-11(10)15/h6-7,9,18H,2-5,8H2,1H3. The molecule has 0 saturated carbocycles. The molecule has 0 aromatic heterocycles. The molecule has 1 fully saturated rings. The number of nitrogens with one attached hydrogen (secondary N) is 1. The van der Waals surface area contributed by atoms with Crippen LogP contribution in [0.3, 0.4) is 0 Å². The van der Waals surface area contributed by atoms with Gasteiger partial charge in [-0.05, 0) is 31.5 Å². The maximum absolute atomic E-state index is 13.3. The molecule has 2 rings (SSSR count). The van der Waals surface area contributed by atoms with Crippen LogP contribution < -0.4 is 5.32 Å². The van der Waals surface area contributed by atoms with Gasteiger partial charge in [-0.2, -0.15) is 0 Å². The summed E-state index contributed by atoms with van der Waals surface area (Å²) in [6.45, 7) is 4.10. The highest BCUT2D eigenvalue weighted by Crippen LogP contribution is 2.23. The van der Waals surface area contributed by atoms with Crippen molar-refractivity contribution in [2.24, 2.45) is 0 Å². The first kappa shape index (κ1) is 15.2. The van der Waals surface area contributed by atoms with Crippen molar-refractivity contribution in [1.82, 2.24) is 10.2 Å². The minimum Gasteiger partial charge on any atom is -0.334 e. The zero-order chi connectivity index (χ0) is 14.7. The summed E-state index contributed by atoms with van der Waals surface area (Å²) in [6.07, 6.45) is 1.65. The molecule has 1 heterocycles. The Morgan fingerprint density at radius 3 is 2.75 bits per heavy atom. The van der Waals surface area contributed by atoms with Gasteiger partial charge < -0.3 is 10.2 Å². The van der Waals surface area contributed by atoms with E-state index in [1.54, 1.807) is 4.90 Å². The molecule has 110 valence electrons. The van der Waals surface area contributed by atoms with Crippen LogP contribution in [0, 0.1) is 11.6 Å². The van der Waals surface area contributed by atoms with Crippen molar-refractivity contribution in [1.29, 1.82) is 0 Å². The van der Waals surface area contributed by atoms with Gasteiger partial charge in [-0.15, -0.1) is 0 Å². The molecule has 1 aromatic carbocycles. The van der Waals surface area contributed by atoms with Crippen molar-refractivity contribution >= 4 is 17.5 Å². The monoisotopic (exact) mass is 302 g/mol. The average Bonchev–Trinajstić information content (AvgIpc) is 2.93. The lowest BCUT2D eigenvalue weighted by molar-refractivity contribution is 0.0692. The van der Waals surface area contributed by atoms with Gasteiger partial charge in [0.25, 0.3) is 5.91 Å². The zero-order valence-corrected chi connectivity index (χ0v) is 12.0. The summed E-state index contributed by atoms with van der Waals surface area (Å²) in [5.74, 6) is -2.45. The molecule has 1 saturated heterocycles. The molecule has 0 spiro atoms. The summed E-state index contributed by atoms with van der Waals surface area (Å²) in [5.41, 5.74) is 0.0194. The van der Waals surface area contributed by atoms with Gasteiger partial charge >= 0.3 is 0 Å². The van der Waals surface area contributed by atoms with Gasteiger partial charge in [0, 0.05) is 19.1 Å². The van der Waals surface area contributed by atoms with Crippen LogP contribution in [-0.4, -0.2) is 36.5 Å². The van der Waals surface area contributed by atoms with Gasteiger partial charge in [0.05, 0.1) is 10.6 Å². The predicted molar refractivity (Wildman–Crippen MR) is 74.0 cm³/mol. The topological polar surface area (TPSA) is 32.3 Å². The van der Waals surface area contributed by atoms with E-state index in [9.17, 15) is 13.6 Å². The second-order valence-corrected chi connectivity index (χ2v) is 5.30. The van der Waals surface area contributed by atoms with E-state index in [0.29, 0.717) is 13.1 Å². The molecule has 1 unspecified atom stereocenters. The predicted octanol–water partition coefficient (Wildman–Crippen LogP) is 2.83. The van der Waals surface area contributed by atoms with Crippen molar-refractivity contribution in [3.63, 3.8) is 0 Å². The summed E-state index contributed by atoms with van der Waals surface area (Å²) in [7, 11) is 0. The van der Waals surface area contributed by atoms with E-state index in [0.717, 1.165) is 31.5 Å². The third-order valence-electron chi connectivity index (χ3n) is 3.44. The van der Waals surface area contributed by atoms with E-state index < -0.39 is 11.6 Å². The fourth-order valence-electron chi connectivity index (χ4n) is 2.44. The Bertz CT molecular complexity index is 504. The first-order chi connectivity index (χ1) is 9.54. The lowest BCUT2D eigenvalue weighted by Gasteiger charge is -2.28. The van der Waals surface area contributed by atoms with Gasteiger partial charge in [-0.1, -0.05) is 18.5 Å². The number of halogens is 3. The Labute approximate surface area is 121 Å². The number of carbonyl (C=O) groups excluding carboxylic acids is 1. The van der Waals surface area contributed by atoms with E-state index in [1.165, 1.54) is 0 Å². The fraction of sp³-hybridized carbons (Fsp3) is 0.500. The molecular formula is C14H17ClF2N2O. The SMILES string of the molecule is CCCN(C(=O)c1cc(F)c(F)cc1Cl)C1CCNC1. The van der Waals surface area contributed by atoms with Gasteiger partial charge in [0.1, 0.15) is 0 Å². The number of hydrogen-bond acceptors (Lipinski definition) is 2. The van der Waals surface area contributed by atoms with E-state index in [4.69, 9.17) is 11.6 Å². The Morgan fingerprint density at radius 1 is 1.45 bits per heavy atom. The number of amides is 1. The van der Waals surface area contributed by atoms with Crippen LogP contribution in [0.2, 0.25) is 5.02 Å². The molecule has 1 atom stereocenters. The van der Waals surface area contributed by atoms with Crippen molar-refractivity contribution in [2.45, 2.75) is 25.8 Å². The number of benzene rings is 1. The number of rotatable bonds is 4. The Morgan fingerprint density at radius 2 is 2.15 bits per heavy atom. The largest absolute Gasteiger partial charge is 0.334 e. The first-order valence-corrected chi connectivity index (χ1v) is 7.08. The highest BCUT2D eigenvalue weighted by Gasteiger charge is 2.28. The maximum atomic E-state index is 13.3. The maximum Gasteiger partial charge on any atom is 0.255 e. The summed E-state index contributed by atoms with van der Waals surface area (Å²) in [5, 5.41) is 3.14. The minimum absolute atomic E-state index is 0.0194. The molecule has 0 bridgehead atoms. The molecule has 3 nitrogen and oxygen atoms in total. The smallest absolute Gasteiger partial charge is 0.255 e. The summed E-state index contributed by atoms with van der Waals surface area (Å²) in [6, 6.07) is 1.80. The molecule has 0 aliphatic carbocycles. The molecule has 1 amide bonds. The Balaban J connectivity index is 2.29. The number of hydrogen-bond donors (Lipinski definition) is 1. The highest BCUT2D eigenvalue weighted by atomic mass is 35.5. The second kappa shape index (κ2) is 6.50. The van der Waals surface area contributed by atoms with Crippen LogP contribution in [-0.2, 0) is 0 Å². The van der Waals surface area contributed by atoms with E-state index in [1.807, 2.05) is 6.92 Å². The van der Waals surface area contributed by atoms with Gasteiger partial charge in [0.15, 0.2) is 11.6 Å². The lowest BCUT2D eigenvalue weighted by atomic mass is 10.1. The molecule has 1 N–H and O–H groups in total. The van der Waals surface area contributed by atoms with Gasteiger partial charge in [-0.3, -0.25) is 4.79 Å². The quantitative estimate of drug-likeness (QED) is 0.868. The highest BCUT2D eigenvalue weighted by molar-refractivity contribution is 6.33. The molecule has 6 heteroatoms. The van der Waals surface area contributed by atoms with Gasteiger partial charge in [0.2, 0.25) is 0 Å². The third kappa shape index (κ3) is 3.10. The fourth-order valence-corrected chi connectivity index (χ4v) is 2.67.